The smallest absolute Gasteiger partial charge is 0.0830 e. The van der Waals surface area contributed by atoms with Gasteiger partial charge in [-0.05, 0) is 53.6 Å². The first-order chi connectivity index (χ1) is 7.74. The molecule has 1 heterocycles. The first kappa shape index (κ1) is 14.9. The summed E-state index contributed by atoms with van der Waals surface area (Å²) < 4.78 is 6.25. The Labute approximate surface area is 107 Å². The molecule has 0 aromatic carbocycles. The van der Waals surface area contributed by atoms with E-state index in [-0.39, 0.29) is 16.7 Å². The highest BCUT2D eigenvalue weighted by molar-refractivity contribution is 5.13. The fraction of sp³-hybridized carbons (Fsp3) is 1.00. The number of hydrogen-bond donors (Lipinski definition) is 1. The fourth-order valence-corrected chi connectivity index (χ4v) is 3.62. The van der Waals surface area contributed by atoms with Crippen LogP contribution in [0.15, 0.2) is 0 Å². The van der Waals surface area contributed by atoms with Gasteiger partial charge in [-0.1, -0.05) is 13.8 Å². The highest BCUT2D eigenvalue weighted by atomic mass is 16.5. The molecule has 1 fully saturated rings. The minimum absolute atomic E-state index is 0.0265. The van der Waals surface area contributed by atoms with Crippen molar-refractivity contribution >= 4 is 0 Å². The molecule has 1 saturated heterocycles. The van der Waals surface area contributed by atoms with Gasteiger partial charge >= 0.3 is 0 Å². The van der Waals surface area contributed by atoms with Gasteiger partial charge in [0.15, 0.2) is 0 Å². The summed E-state index contributed by atoms with van der Waals surface area (Å²) >= 11 is 0. The summed E-state index contributed by atoms with van der Waals surface area (Å²) in [6, 6.07) is 0. The third-order valence-electron chi connectivity index (χ3n) is 4.19. The molecule has 0 aromatic heterocycles. The Hall–Kier alpha value is -0.120. The van der Waals surface area contributed by atoms with E-state index < -0.39 is 0 Å². The molecule has 0 aromatic rings. The molecular formula is C14H30N2O. The highest BCUT2D eigenvalue weighted by Crippen LogP contribution is 2.47. The van der Waals surface area contributed by atoms with Gasteiger partial charge in [-0.2, -0.15) is 0 Å². The standard InChI is InChI=1S/C14H30N2O/c1-7-9-16(8-2)14(11-15)10-12(3,4)17-13(14,5)6/h7-11,15H2,1-6H3. The molecule has 3 nitrogen and oxygen atoms in total. The van der Waals surface area contributed by atoms with E-state index in [1.807, 2.05) is 0 Å². The summed E-state index contributed by atoms with van der Waals surface area (Å²) in [7, 11) is 0. The third-order valence-corrected chi connectivity index (χ3v) is 4.19. The summed E-state index contributed by atoms with van der Waals surface area (Å²) in [4.78, 5) is 2.52. The highest BCUT2D eigenvalue weighted by Gasteiger charge is 2.58. The van der Waals surface area contributed by atoms with E-state index in [0.717, 1.165) is 25.9 Å². The van der Waals surface area contributed by atoms with Gasteiger partial charge in [-0.25, -0.2) is 0 Å². The van der Waals surface area contributed by atoms with Crippen molar-refractivity contribution in [3.63, 3.8) is 0 Å². The van der Waals surface area contributed by atoms with Crippen LogP contribution in [-0.2, 0) is 4.74 Å². The van der Waals surface area contributed by atoms with Gasteiger partial charge in [0.1, 0.15) is 0 Å². The van der Waals surface area contributed by atoms with Crippen LogP contribution < -0.4 is 5.73 Å². The number of nitrogens with zero attached hydrogens (tertiary/aromatic N) is 1. The van der Waals surface area contributed by atoms with E-state index in [4.69, 9.17) is 10.5 Å². The Morgan fingerprint density at radius 2 is 1.76 bits per heavy atom. The topological polar surface area (TPSA) is 38.5 Å². The maximum Gasteiger partial charge on any atom is 0.0830 e. The third kappa shape index (κ3) is 2.51. The molecule has 0 aliphatic carbocycles. The predicted octanol–water partition coefficient (Wildman–Crippen LogP) is 2.39. The second-order valence-corrected chi connectivity index (χ2v) is 6.36. The lowest BCUT2D eigenvalue weighted by atomic mass is 9.77. The average molecular weight is 242 g/mol. The summed E-state index contributed by atoms with van der Waals surface area (Å²) in [5, 5.41) is 0. The van der Waals surface area contributed by atoms with Crippen LogP contribution >= 0.6 is 0 Å². The molecular weight excluding hydrogens is 212 g/mol. The van der Waals surface area contributed by atoms with E-state index in [0.29, 0.717) is 6.54 Å². The summed E-state index contributed by atoms with van der Waals surface area (Å²) in [5.41, 5.74) is 5.86. The first-order valence-corrected chi connectivity index (χ1v) is 6.90. The zero-order valence-corrected chi connectivity index (χ0v) is 12.5. The van der Waals surface area contributed by atoms with Gasteiger partial charge in [0.05, 0.1) is 16.7 Å². The van der Waals surface area contributed by atoms with E-state index >= 15 is 0 Å². The van der Waals surface area contributed by atoms with Crippen LogP contribution in [0, 0.1) is 0 Å². The first-order valence-electron chi connectivity index (χ1n) is 6.90. The zero-order chi connectivity index (χ0) is 13.3. The number of rotatable bonds is 5. The Balaban J connectivity index is 3.09. The molecule has 3 heteroatoms. The van der Waals surface area contributed by atoms with Crippen molar-refractivity contribution in [1.29, 1.82) is 0 Å². The summed E-state index contributed by atoms with van der Waals surface area (Å²) in [6.07, 6.45) is 2.17. The van der Waals surface area contributed by atoms with Crippen molar-refractivity contribution < 1.29 is 4.74 Å². The minimum atomic E-state index is -0.184. The molecule has 0 spiro atoms. The van der Waals surface area contributed by atoms with E-state index in [1.54, 1.807) is 0 Å². The second kappa shape index (κ2) is 4.87. The molecule has 1 aliphatic rings. The molecule has 1 aliphatic heterocycles. The van der Waals surface area contributed by atoms with Gasteiger partial charge in [0, 0.05) is 6.54 Å². The maximum atomic E-state index is 6.25. The molecule has 1 atom stereocenters. The quantitative estimate of drug-likeness (QED) is 0.804. The second-order valence-electron chi connectivity index (χ2n) is 6.36. The number of nitrogens with two attached hydrogens (primary N) is 1. The van der Waals surface area contributed by atoms with Crippen LogP contribution in [0.3, 0.4) is 0 Å². The van der Waals surface area contributed by atoms with Gasteiger partial charge < -0.3 is 10.5 Å². The molecule has 2 N–H and O–H groups in total. The van der Waals surface area contributed by atoms with Crippen molar-refractivity contribution in [1.82, 2.24) is 4.90 Å². The molecule has 1 rings (SSSR count). The van der Waals surface area contributed by atoms with Crippen LogP contribution in [-0.4, -0.2) is 41.3 Å². The van der Waals surface area contributed by atoms with Crippen LogP contribution in [0.4, 0.5) is 0 Å². The Morgan fingerprint density at radius 1 is 1.18 bits per heavy atom. The number of hydrogen-bond acceptors (Lipinski definition) is 3. The van der Waals surface area contributed by atoms with E-state index in [9.17, 15) is 0 Å². The van der Waals surface area contributed by atoms with Crippen molar-refractivity contribution in [2.24, 2.45) is 5.73 Å². The lowest BCUT2D eigenvalue weighted by molar-refractivity contribution is -0.103. The Kier molecular flexibility index (Phi) is 4.28. The molecule has 102 valence electrons. The summed E-state index contributed by atoms with van der Waals surface area (Å²) in [6.45, 7) is 16.0. The molecule has 1 unspecified atom stereocenters. The van der Waals surface area contributed by atoms with E-state index in [2.05, 4.69) is 46.4 Å². The van der Waals surface area contributed by atoms with Gasteiger partial charge in [-0.3, -0.25) is 4.90 Å². The summed E-state index contributed by atoms with van der Waals surface area (Å²) in [5.74, 6) is 0. The minimum Gasteiger partial charge on any atom is -0.368 e. The van der Waals surface area contributed by atoms with Crippen molar-refractivity contribution in [2.75, 3.05) is 19.6 Å². The predicted molar refractivity (Wildman–Crippen MR) is 73.2 cm³/mol. The van der Waals surface area contributed by atoms with Crippen molar-refractivity contribution in [3.8, 4) is 0 Å². The number of ether oxygens (including phenoxy) is 1. The molecule has 17 heavy (non-hydrogen) atoms. The SMILES string of the molecule is CCCN(CC)C1(CN)CC(C)(C)OC1(C)C. The van der Waals surface area contributed by atoms with Crippen molar-refractivity contribution in [3.05, 3.63) is 0 Å². The fourth-order valence-electron chi connectivity index (χ4n) is 3.62. The van der Waals surface area contributed by atoms with Gasteiger partial charge in [-0.15, -0.1) is 0 Å². The monoisotopic (exact) mass is 242 g/mol. The van der Waals surface area contributed by atoms with Crippen LogP contribution in [0.5, 0.6) is 0 Å². The number of likely N-dealkylation sites (N-methyl/N-ethyl adjacent to an activating group) is 1. The molecule has 0 saturated carbocycles. The van der Waals surface area contributed by atoms with Crippen LogP contribution in [0.2, 0.25) is 0 Å². The Morgan fingerprint density at radius 3 is 2.06 bits per heavy atom. The van der Waals surface area contributed by atoms with Gasteiger partial charge in [0.25, 0.3) is 0 Å². The largest absolute Gasteiger partial charge is 0.368 e. The normalized spacial score (nSPS) is 31.1. The lowest BCUT2D eigenvalue weighted by Gasteiger charge is -2.47. The van der Waals surface area contributed by atoms with E-state index in [1.165, 1.54) is 0 Å². The van der Waals surface area contributed by atoms with Crippen LogP contribution in [0.25, 0.3) is 0 Å². The molecule has 0 amide bonds. The van der Waals surface area contributed by atoms with Gasteiger partial charge in [0.2, 0.25) is 0 Å². The molecule has 0 bridgehead atoms. The average Bonchev–Trinajstić information content (AvgIpc) is 2.40. The maximum absolute atomic E-state index is 6.25. The Bertz CT molecular complexity index is 263. The van der Waals surface area contributed by atoms with Crippen molar-refractivity contribution in [2.45, 2.75) is 71.1 Å². The van der Waals surface area contributed by atoms with Crippen LogP contribution in [0.1, 0.15) is 54.4 Å². The zero-order valence-electron chi connectivity index (χ0n) is 12.5. The lowest BCUT2D eigenvalue weighted by Crippen LogP contribution is -2.63. The molecule has 0 radical (unpaired) electrons.